The van der Waals surface area contributed by atoms with Crippen molar-refractivity contribution >= 4 is 40.5 Å². The molecule has 2 aliphatic carbocycles. The summed E-state index contributed by atoms with van der Waals surface area (Å²) in [4.78, 5) is 28.7. The number of hydrogen-bond donors (Lipinski definition) is 1. The van der Waals surface area contributed by atoms with Crippen LogP contribution in [0.1, 0.15) is 77.2 Å². The maximum atomic E-state index is 13.6. The van der Waals surface area contributed by atoms with Crippen molar-refractivity contribution in [3.63, 3.8) is 0 Å². The molecule has 4 atom stereocenters. The zero-order valence-electron chi connectivity index (χ0n) is 22.1. The number of amides is 2. The van der Waals surface area contributed by atoms with Gasteiger partial charge in [-0.2, -0.15) is 0 Å². The summed E-state index contributed by atoms with van der Waals surface area (Å²) in [5.41, 5.74) is 4.84. The molecule has 0 aromatic heterocycles. The largest absolute Gasteiger partial charge is 0.504 e. The van der Waals surface area contributed by atoms with Gasteiger partial charge in [-0.3, -0.25) is 14.5 Å². The molecular formula is C30H38INO5. The van der Waals surface area contributed by atoms with E-state index in [4.69, 9.17) is 9.47 Å². The van der Waals surface area contributed by atoms with Gasteiger partial charge in [-0.25, -0.2) is 0 Å². The Morgan fingerprint density at radius 2 is 1.95 bits per heavy atom. The standard InChI is InChI=1S/C30H38INO5/c1-4-18(13-19-14-23(31)28(33)25(15-19)36-3)10-11-24-26-17(2)12-21-27(22(26)16-37-24)30(35)32(29(21)34)20-8-6-5-7-9-20/h13-15,20-22,24,27,33H,4-12,16H2,1-3H3/b18-13+/t21-,22+,24-,27-/m1/s1. The van der Waals surface area contributed by atoms with Gasteiger partial charge < -0.3 is 14.6 Å². The van der Waals surface area contributed by atoms with Crippen molar-refractivity contribution in [1.82, 2.24) is 4.90 Å². The molecule has 3 fully saturated rings. The number of carbonyl (C=O) groups is 2. The number of hydrogen-bond acceptors (Lipinski definition) is 5. The summed E-state index contributed by atoms with van der Waals surface area (Å²) in [6, 6.07) is 3.93. The van der Waals surface area contributed by atoms with E-state index in [1.165, 1.54) is 23.1 Å². The number of likely N-dealkylation sites (tertiary alicyclic amines) is 1. The number of nitrogens with zero attached hydrogens (tertiary/aromatic N) is 1. The first-order valence-corrected chi connectivity index (χ1v) is 14.9. The number of imide groups is 1. The minimum absolute atomic E-state index is 0.00187. The zero-order valence-corrected chi connectivity index (χ0v) is 24.3. The Bertz CT molecular complexity index is 1140. The average Bonchev–Trinajstić information content (AvgIpc) is 3.43. The van der Waals surface area contributed by atoms with Crippen molar-refractivity contribution < 1.29 is 24.2 Å². The number of allylic oxidation sites excluding steroid dienone is 2. The maximum absolute atomic E-state index is 13.6. The number of halogens is 1. The fourth-order valence-corrected chi connectivity index (χ4v) is 7.71. The van der Waals surface area contributed by atoms with Crippen LogP contribution in [0.2, 0.25) is 0 Å². The highest BCUT2D eigenvalue weighted by molar-refractivity contribution is 14.1. The molecule has 0 radical (unpaired) electrons. The van der Waals surface area contributed by atoms with Gasteiger partial charge in [0.15, 0.2) is 11.5 Å². The minimum Gasteiger partial charge on any atom is -0.504 e. The summed E-state index contributed by atoms with van der Waals surface area (Å²) in [6.45, 7) is 4.84. The molecule has 1 aromatic rings. The van der Waals surface area contributed by atoms with Gasteiger partial charge in [0.25, 0.3) is 0 Å². The van der Waals surface area contributed by atoms with Crippen molar-refractivity contribution in [2.24, 2.45) is 17.8 Å². The Balaban J connectivity index is 1.31. The fourth-order valence-electron chi connectivity index (χ4n) is 7.09. The third-order valence-corrected chi connectivity index (χ3v) is 9.77. The molecule has 1 saturated carbocycles. The monoisotopic (exact) mass is 619 g/mol. The number of rotatable bonds is 7. The number of phenols is 1. The normalized spacial score (nSPS) is 28.6. The first-order chi connectivity index (χ1) is 17.8. The van der Waals surface area contributed by atoms with Crippen LogP contribution in [0.5, 0.6) is 11.5 Å². The molecule has 2 amide bonds. The SMILES string of the molecule is CC/C(=C\c1cc(I)c(O)c(OC)c1)CC[C@H]1OC[C@H]2C1=C(C)C[C@H]1C(=O)N(C3CCCCC3)C(=O)[C@H]12. The maximum Gasteiger partial charge on any atom is 0.234 e. The number of aromatic hydroxyl groups is 1. The number of ether oxygens (including phenoxy) is 2. The first kappa shape index (κ1) is 26.7. The number of carbonyl (C=O) groups excluding carboxylic acids is 2. The summed E-state index contributed by atoms with van der Waals surface area (Å²) in [5.74, 6) is 0.361. The van der Waals surface area contributed by atoms with Crippen molar-refractivity contribution in [2.45, 2.75) is 83.8 Å². The van der Waals surface area contributed by atoms with Gasteiger partial charge in [0.1, 0.15) is 0 Å². The second-order valence-corrected chi connectivity index (χ2v) is 12.2. The van der Waals surface area contributed by atoms with E-state index in [0.29, 0.717) is 18.8 Å². The lowest BCUT2D eigenvalue weighted by molar-refractivity contribution is -0.143. The number of fused-ring (bicyclic) bond motifs is 3. The fraction of sp³-hybridized carbons (Fsp3) is 0.600. The van der Waals surface area contributed by atoms with E-state index < -0.39 is 0 Å². The second kappa shape index (κ2) is 11.1. The van der Waals surface area contributed by atoms with Gasteiger partial charge in [-0.1, -0.05) is 43.4 Å². The van der Waals surface area contributed by atoms with Crippen LogP contribution in [0.4, 0.5) is 0 Å². The highest BCUT2D eigenvalue weighted by Crippen LogP contribution is 2.50. The molecule has 7 heteroatoms. The summed E-state index contributed by atoms with van der Waals surface area (Å²) in [5, 5.41) is 10.2. The topological polar surface area (TPSA) is 76.1 Å². The molecule has 1 aromatic carbocycles. The van der Waals surface area contributed by atoms with Crippen LogP contribution >= 0.6 is 22.6 Å². The molecule has 2 saturated heterocycles. The van der Waals surface area contributed by atoms with Crippen LogP contribution in [0.25, 0.3) is 6.08 Å². The molecule has 0 bridgehead atoms. The molecule has 5 rings (SSSR count). The molecule has 0 spiro atoms. The van der Waals surface area contributed by atoms with Crippen LogP contribution in [0.15, 0.2) is 28.9 Å². The Hall–Kier alpha value is -1.87. The third-order valence-electron chi connectivity index (χ3n) is 8.95. The number of methoxy groups -OCH3 is 1. The van der Waals surface area contributed by atoms with Gasteiger partial charge in [0.2, 0.25) is 11.8 Å². The molecule has 200 valence electrons. The zero-order chi connectivity index (χ0) is 26.3. The van der Waals surface area contributed by atoms with E-state index in [2.05, 4.69) is 42.5 Å². The number of benzene rings is 1. The average molecular weight is 620 g/mol. The summed E-state index contributed by atoms with van der Waals surface area (Å²) >= 11 is 2.12. The quantitative estimate of drug-likeness (QED) is 0.222. The first-order valence-electron chi connectivity index (χ1n) is 13.8. The predicted molar refractivity (Wildman–Crippen MR) is 151 cm³/mol. The van der Waals surface area contributed by atoms with Gasteiger partial charge in [-0.15, -0.1) is 0 Å². The molecule has 37 heavy (non-hydrogen) atoms. The molecule has 4 aliphatic rings. The van der Waals surface area contributed by atoms with Gasteiger partial charge in [0, 0.05) is 12.0 Å². The molecule has 2 aliphatic heterocycles. The van der Waals surface area contributed by atoms with Crippen LogP contribution in [-0.2, 0) is 14.3 Å². The number of phenolic OH excluding ortho intramolecular Hbond substituents is 1. The highest BCUT2D eigenvalue weighted by Gasteiger charge is 2.57. The van der Waals surface area contributed by atoms with Gasteiger partial charge >= 0.3 is 0 Å². The lowest BCUT2D eigenvalue weighted by Crippen LogP contribution is -2.42. The smallest absolute Gasteiger partial charge is 0.234 e. The van der Waals surface area contributed by atoms with E-state index in [0.717, 1.165) is 54.1 Å². The lowest BCUT2D eigenvalue weighted by atomic mass is 9.70. The van der Waals surface area contributed by atoms with Crippen molar-refractivity contribution in [3.8, 4) is 11.5 Å². The Kier molecular flexibility index (Phi) is 8.01. The van der Waals surface area contributed by atoms with Crippen LogP contribution < -0.4 is 4.74 Å². The minimum atomic E-state index is -0.245. The van der Waals surface area contributed by atoms with Crippen LogP contribution in [0.3, 0.4) is 0 Å². The molecular weight excluding hydrogens is 581 g/mol. The molecule has 1 N–H and O–H groups in total. The van der Waals surface area contributed by atoms with Crippen LogP contribution in [0, 0.1) is 21.3 Å². The van der Waals surface area contributed by atoms with Gasteiger partial charge in [-0.05, 0) is 91.3 Å². The Labute approximate surface area is 233 Å². The molecule has 0 unspecified atom stereocenters. The van der Waals surface area contributed by atoms with E-state index in [1.54, 1.807) is 12.0 Å². The van der Waals surface area contributed by atoms with Crippen molar-refractivity contribution in [2.75, 3.05) is 13.7 Å². The summed E-state index contributed by atoms with van der Waals surface area (Å²) in [6.07, 6.45) is 10.9. The van der Waals surface area contributed by atoms with Crippen molar-refractivity contribution in [1.29, 1.82) is 0 Å². The van der Waals surface area contributed by atoms with Crippen LogP contribution in [-0.4, -0.2) is 47.7 Å². The second-order valence-electron chi connectivity index (χ2n) is 11.1. The van der Waals surface area contributed by atoms with Crippen molar-refractivity contribution in [3.05, 3.63) is 38.0 Å². The molecule has 2 heterocycles. The summed E-state index contributed by atoms with van der Waals surface area (Å²) < 4.78 is 12.4. The highest BCUT2D eigenvalue weighted by atomic mass is 127. The predicted octanol–water partition coefficient (Wildman–Crippen LogP) is 6.25. The third kappa shape index (κ3) is 4.98. The van der Waals surface area contributed by atoms with Gasteiger partial charge in [0.05, 0.1) is 35.2 Å². The van der Waals surface area contributed by atoms with E-state index in [-0.39, 0.29) is 47.5 Å². The van der Waals surface area contributed by atoms with E-state index >= 15 is 0 Å². The van der Waals surface area contributed by atoms with E-state index in [1.807, 2.05) is 12.1 Å². The lowest BCUT2D eigenvalue weighted by Gasteiger charge is -2.31. The Morgan fingerprint density at radius 1 is 1.19 bits per heavy atom. The Morgan fingerprint density at radius 3 is 2.65 bits per heavy atom. The van der Waals surface area contributed by atoms with E-state index in [9.17, 15) is 14.7 Å². The summed E-state index contributed by atoms with van der Waals surface area (Å²) in [7, 11) is 1.56. The molecule has 6 nitrogen and oxygen atoms in total.